The van der Waals surface area contributed by atoms with E-state index >= 15 is 0 Å². The first-order valence-electron chi connectivity index (χ1n) is 11.6. The zero-order valence-corrected chi connectivity index (χ0v) is 20.0. The number of carbonyl (C=O) groups is 4. The Hall–Kier alpha value is -4.86. The van der Waals surface area contributed by atoms with E-state index in [1.165, 1.54) is 30.0 Å². The number of hydrogen-bond acceptors (Lipinski definition) is 6. The van der Waals surface area contributed by atoms with Crippen LogP contribution in [0.2, 0.25) is 0 Å². The molecule has 3 aromatic carbocycles. The van der Waals surface area contributed by atoms with E-state index < -0.39 is 28.7 Å². The lowest BCUT2D eigenvalue weighted by molar-refractivity contribution is -0.384. The lowest BCUT2D eigenvalue weighted by Gasteiger charge is -2.28. The van der Waals surface area contributed by atoms with Gasteiger partial charge in [-0.1, -0.05) is 36.4 Å². The molecule has 1 saturated heterocycles. The van der Waals surface area contributed by atoms with Crippen LogP contribution < -0.4 is 10.2 Å². The monoisotopic (exact) mass is 500 g/mol. The fourth-order valence-electron chi connectivity index (χ4n) is 4.24. The molecule has 0 aromatic heterocycles. The Balaban J connectivity index is 1.63. The second-order valence-corrected chi connectivity index (χ2v) is 8.56. The first-order chi connectivity index (χ1) is 17.7. The maximum absolute atomic E-state index is 13.6. The van der Waals surface area contributed by atoms with E-state index in [0.717, 1.165) is 16.5 Å². The van der Waals surface area contributed by atoms with Crippen LogP contribution in [0.5, 0.6) is 0 Å². The van der Waals surface area contributed by atoms with Crippen LogP contribution in [0.4, 0.5) is 17.1 Å². The van der Waals surface area contributed by atoms with Crippen molar-refractivity contribution in [2.24, 2.45) is 0 Å². The van der Waals surface area contributed by atoms with Crippen molar-refractivity contribution in [1.29, 1.82) is 0 Å². The Labute approximate surface area is 212 Å². The van der Waals surface area contributed by atoms with Gasteiger partial charge in [-0.15, -0.1) is 0 Å². The molecule has 1 N–H and O–H groups in total. The molecule has 0 radical (unpaired) electrons. The van der Waals surface area contributed by atoms with Crippen LogP contribution in [0.25, 0.3) is 0 Å². The van der Waals surface area contributed by atoms with Crippen molar-refractivity contribution in [3.8, 4) is 0 Å². The number of anilines is 2. The number of nitrogens with zero attached hydrogens (tertiary/aromatic N) is 3. The van der Waals surface area contributed by atoms with E-state index in [1.807, 2.05) is 30.3 Å². The average Bonchev–Trinajstić information content (AvgIpc) is 3.18. The molecule has 1 aliphatic rings. The van der Waals surface area contributed by atoms with Crippen molar-refractivity contribution < 1.29 is 24.1 Å². The van der Waals surface area contributed by atoms with Gasteiger partial charge in [-0.25, -0.2) is 4.90 Å². The number of imide groups is 1. The van der Waals surface area contributed by atoms with Gasteiger partial charge in [0.05, 0.1) is 17.0 Å². The van der Waals surface area contributed by atoms with Gasteiger partial charge in [0.15, 0.2) is 0 Å². The van der Waals surface area contributed by atoms with Crippen LogP contribution in [0.1, 0.15) is 29.3 Å². The number of nitrogens with one attached hydrogen (secondary N) is 1. The first-order valence-corrected chi connectivity index (χ1v) is 11.6. The van der Waals surface area contributed by atoms with Gasteiger partial charge in [0.1, 0.15) is 6.04 Å². The average molecular weight is 501 g/mol. The third kappa shape index (κ3) is 5.69. The van der Waals surface area contributed by atoms with Crippen molar-refractivity contribution in [1.82, 2.24) is 4.90 Å². The molecule has 4 rings (SSSR count). The van der Waals surface area contributed by atoms with Crippen LogP contribution >= 0.6 is 0 Å². The van der Waals surface area contributed by atoms with Crippen LogP contribution in [0.3, 0.4) is 0 Å². The molecule has 188 valence electrons. The normalized spacial score (nSPS) is 14.9. The van der Waals surface area contributed by atoms with E-state index in [2.05, 4.69) is 5.32 Å². The second kappa shape index (κ2) is 10.8. The largest absolute Gasteiger partial charge is 0.326 e. The molecule has 10 nitrogen and oxygen atoms in total. The fraction of sp³-hybridized carbons (Fsp3) is 0.185. The van der Waals surface area contributed by atoms with E-state index in [-0.39, 0.29) is 30.1 Å². The van der Waals surface area contributed by atoms with Crippen LogP contribution in [0.15, 0.2) is 78.9 Å². The third-order valence-corrected chi connectivity index (χ3v) is 5.99. The van der Waals surface area contributed by atoms with Gasteiger partial charge in [-0.05, 0) is 42.3 Å². The molecule has 0 saturated carbocycles. The smallest absolute Gasteiger partial charge is 0.270 e. The summed E-state index contributed by atoms with van der Waals surface area (Å²) in [5.41, 5.74) is 1.57. The molecule has 0 aliphatic carbocycles. The van der Waals surface area contributed by atoms with E-state index in [0.29, 0.717) is 17.8 Å². The quantitative estimate of drug-likeness (QED) is 0.286. The van der Waals surface area contributed by atoms with Crippen molar-refractivity contribution in [2.75, 3.05) is 16.8 Å². The molecule has 1 aliphatic heterocycles. The Kier molecular flexibility index (Phi) is 7.38. The second-order valence-electron chi connectivity index (χ2n) is 8.56. The molecule has 1 fully saturated rings. The molecule has 10 heteroatoms. The van der Waals surface area contributed by atoms with Gasteiger partial charge in [0.2, 0.25) is 11.8 Å². The zero-order valence-electron chi connectivity index (χ0n) is 20.0. The number of amides is 4. The number of carbonyl (C=O) groups excluding carboxylic acids is 4. The molecule has 0 spiro atoms. The maximum Gasteiger partial charge on any atom is 0.270 e. The summed E-state index contributed by atoms with van der Waals surface area (Å²) in [7, 11) is 0. The number of nitro groups is 1. The molecule has 1 unspecified atom stereocenters. The van der Waals surface area contributed by atoms with Crippen LogP contribution in [-0.2, 0) is 20.8 Å². The van der Waals surface area contributed by atoms with Crippen molar-refractivity contribution in [3.63, 3.8) is 0 Å². The Morgan fingerprint density at radius 2 is 1.73 bits per heavy atom. The van der Waals surface area contributed by atoms with Crippen molar-refractivity contribution in [3.05, 3.63) is 100 Å². The topological polar surface area (TPSA) is 130 Å². The van der Waals surface area contributed by atoms with Gasteiger partial charge in [-0.3, -0.25) is 29.3 Å². The van der Waals surface area contributed by atoms with Crippen molar-refractivity contribution >= 4 is 40.7 Å². The summed E-state index contributed by atoms with van der Waals surface area (Å²) < 4.78 is 0. The summed E-state index contributed by atoms with van der Waals surface area (Å²) in [6.45, 7) is 1.50. The zero-order chi connectivity index (χ0) is 26.5. The Morgan fingerprint density at radius 1 is 1.03 bits per heavy atom. The van der Waals surface area contributed by atoms with E-state index in [4.69, 9.17) is 0 Å². The summed E-state index contributed by atoms with van der Waals surface area (Å²) in [6.07, 6.45) is 0.201. The van der Waals surface area contributed by atoms with Gasteiger partial charge < -0.3 is 10.2 Å². The Bertz CT molecular complexity index is 1360. The SMILES string of the molecule is CC(=O)Nc1ccc(N2C(=O)CC(N(CCc3ccccc3)C(=O)c3cccc([N+](=O)[O-])c3)C2=O)cc1. The minimum atomic E-state index is -1.07. The van der Waals surface area contributed by atoms with Gasteiger partial charge in [0, 0.05) is 36.9 Å². The third-order valence-electron chi connectivity index (χ3n) is 5.99. The van der Waals surface area contributed by atoms with Gasteiger partial charge >= 0.3 is 0 Å². The highest BCUT2D eigenvalue weighted by Crippen LogP contribution is 2.28. The predicted molar refractivity (Wildman–Crippen MR) is 136 cm³/mol. The summed E-state index contributed by atoms with van der Waals surface area (Å²) in [6, 6.07) is 19.8. The standard InChI is InChI=1S/C27H24N4O6/c1-18(32)28-21-10-12-22(13-11-21)30-25(33)17-24(27(30)35)29(15-14-19-6-3-2-4-7-19)26(34)20-8-5-9-23(16-20)31(36)37/h2-13,16,24H,14-15,17H2,1H3,(H,28,32). The number of rotatable bonds is 8. The number of non-ortho nitro benzene ring substituents is 1. The van der Waals surface area contributed by atoms with E-state index in [9.17, 15) is 29.3 Å². The lowest BCUT2D eigenvalue weighted by atomic mass is 10.1. The summed E-state index contributed by atoms with van der Waals surface area (Å²) in [5.74, 6) is -1.87. The molecular weight excluding hydrogens is 476 g/mol. The molecule has 37 heavy (non-hydrogen) atoms. The Morgan fingerprint density at radius 3 is 2.38 bits per heavy atom. The molecule has 0 bridgehead atoms. The molecule has 1 atom stereocenters. The molecular formula is C27H24N4O6. The fourth-order valence-corrected chi connectivity index (χ4v) is 4.24. The molecule has 4 amide bonds. The number of benzene rings is 3. The van der Waals surface area contributed by atoms with E-state index in [1.54, 1.807) is 24.3 Å². The maximum atomic E-state index is 13.6. The number of nitro benzene ring substituents is 1. The first kappa shape index (κ1) is 25.2. The number of hydrogen-bond donors (Lipinski definition) is 1. The van der Waals surface area contributed by atoms with Crippen molar-refractivity contribution in [2.45, 2.75) is 25.8 Å². The lowest BCUT2D eigenvalue weighted by Crippen LogP contribution is -2.46. The highest BCUT2D eigenvalue weighted by atomic mass is 16.6. The molecule has 3 aromatic rings. The highest BCUT2D eigenvalue weighted by molar-refractivity contribution is 6.23. The van der Waals surface area contributed by atoms with Gasteiger partial charge in [0.25, 0.3) is 17.5 Å². The predicted octanol–water partition coefficient (Wildman–Crippen LogP) is 3.57. The highest BCUT2D eigenvalue weighted by Gasteiger charge is 2.44. The minimum absolute atomic E-state index is 0.0561. The molecule has 1 heterocycles. The van der Waals surface area contributed by atoms with Gasteiger partial charge in [-0.2, -0.15) is 0 Å². The summed E-state index contributed by atoms with van der Waals surface area (Å²) in [5, 5.41) is 13.9. The van der Waals surface area contributed by atoms with Crippen LogP contribution in [0, 0.1) is 10.1 Å². The summed E-state index contributed by atoms with van der Waals surface area (Å²) in [4.78, 5) is 64.2. The summed E-state index contributed by atoms with van der Waals surface area (Å²) >= 11 is 0. The minimum Gasteiger partial charge on any atom is -0.326 e. The van der Waals surface area contributed by atoms with Crippen LogP contribution in [-0.4, -0.2) is 46.0 Å².